The molecular formula is C19H27N5O. The van der Waals surface area contributed by atoms with Crippen molar-refractivity contribution in [3.8, 4) is 0 Å². The molecular weight excluding hydrogens is 314 g/mol. The van der Waals surface area contributed by atoms with Crippen molar-refractivity contribution in [1.29, 1.82) is 0 Å². The van der Waals surface area contributed by atoms with Gasteiger partial charge in [0.1, 0.15) is 0 Å². The van der Waals surface area contributed by atoms with Gasteiger partial charge in [0.25, 0.3) is 0 Å². The van der Waals surface area contributed by atoms with Gasteiger partial charge in [-0.1, -0.05) is 12.1 Å². The smallest absolute Gasteiger partial charge is 0.314 e. The number of para-hydroxylation sites is 2. The van der Waals surface area contributed by atoms with Crippen LogP contribution in [-0.4, -0.2) is 46.6 Å². The molecule has 0 spiro atoms. The number of nitrogens with zero attached hydrogens (tertiary/aromatic N) is 3. The maximum atomic E-state index is 11.7. The van der Waals surface area contributed by atoms with E-state index in [0.717, 1.165) is 55.0 Å². The molecule has 1 atom stereocenters. The number of carbonyl (C=O) groups is 1. The third-order valence-electron chi connectivity index (χ3n) is 4.56. The highest BCUT2D eigenvalue weighted by Gasteiger charge is 2.24. The summed E-state index contributed by atoms with van der Waals surface area (Å²) >= 11 is 0. The summed E-state index contributed by atoms with van der Waals surface area (Å²) < 4.78 is 0. The lowest BCUT2D eigenvalue weighted by molar-refractivity contribution is 0.236. The minimum atomic E-state index is -0.0790. The van der Waals surface area contributed by atoms with Crippen LogP contribution in [0.5, 0.6) is 0 Å². The second-order valence-electron chi connectivity index (χ2n) is 7.14. The van der Waals surface area contributed by atoms with Gasteiger partial charge in [-0.15, -0.1) is 0 Å². The molecule has 2 heterocycles. The second-order valence-corrected chi connectivity index (χ2v) is 7.14. The zero-order valence-corrected chi connectivity index (χ0v) is 15.2. The lowest BCUT2D eigenvalue weighted by Gasteiger charge is -2.17. The van der Waals surface area contributed by atoms with E-state index >= 15 is 0 Å². The molecule has 6 nitrogen and oxygen atoms in total. The molecule has 6 heteroatoms. The third kappa shape index (κ3) is 4.66. The van der Waals surface area contributed by atoms with Crippen LogP contribution >= 0.6 is 0 Å². The summed E-state index contributed by atoms with van der Waals surface area (Å²) in [7, 11) is 0. The monoisotopic (exact) mass is 341 g/mol. The average molecular weight is 341 g/mol. The van der Waals surface area contributed by atoms with E-state index in [1.165, 1.54) is 0 Å². The Labute approximate surface area is 149 Å². The topological polar surface area (TPSA) is 70.2 Å². The number of aryl methyl sites for hydroxylation is 1. The molecule has 2 aromatic rings. The molecule has 2 amide bonds. The van der Waals surface area contributed by atoms with Crippen molar-refractivity contribution in [2.75, 3.05) is 19.6 Å². The Morgan fingerprint density at radius 1 is 1.28 bits per heavy atom. The lowest BCUT2D eigenvalue weighted by Crippen LogP contribution is -2.41. The normalized spacial score (nSPS) is 18.0. The molecule has 1 fully saturated rings. The zero-order chi connectivity index (χ0) is 17.8. The Morgan fingerprint density at radius 3 is 2.72 bits per heavy atom. The van der Waals surface area contributed by atoms with E-state index in [2.05, 4.69) is 20.5 Å². The number of fused-ring (bicyclic) bond motifs is 1. The van der Waals surface area contributed by atoms with E-state index in [0.29, 0.717) is 5.92 Å². The van der Waals surface area contributed by atoms with Gasteiger partial charge in [0.15, 0.2) is 0 Å². The average Bonchev–Trinajstić information content (AvgIpc) is 3.00. The van der Waals surface area contributed by atoms with Crippen LogP contribution in [0, 0.1) is 12.8 Å². The summed E-state index contributed by atoms with van der Waals surface area (Å²) in [6, 6.07) is 8.08. The number of hydrogen-bond acceptors (Lipinski definition) is 4. The maximum absolute atomic E-state index is 11.7. The Kier molecular flexibility index (Phi) is 5.48. The predicted molar refractivity (Wildman–Crippen MR) is 99.3 cm³/mol. The van der Waals surface area contributed by atoms with Crippen LogP contribution in [0.4, 0.5) is 4.79 Å². The van der Waals surface area contributed by atoms with Gasteiger partial charge in [0.2, 0.25) is 0 Å². The molecule has 2 N–H and O–H groups in total. The lowest BCUT2D eigenvalue weighted by atomic mass is 10.1. The van der Waals surface area contributed by atoms with Crippen LogP contribution in [0.2, 0.25) is 0 Å². The maximum Gasteiger partial charge on any atom is 0.314 e. The van der Waals surface area contributed by atoms with Gasteiger partial charge in [0, 0.05) is 25.7 Å². The number of amides is 2. The van der Waals surface area contributed by atoms with E-state index in [4.69, 9.17) is 4.98 Å². The van der Waals surface area contributed by atoms with Crippen molar-refractivity contribution < 1.29 is 4.79 Å². The summed E-state index contributed by atoms with van der Waals surface area (Å²) in [5.74, 6) is 0.492. The first kappa shape index (κ1) is 17.6. The summed E-state index contributed by atoms with van der Waals surface area (Å²) in [5, 5.41) is 5.83. The summed E-state index contributed by atoms with van der Waals surface area (Å²) in [5.41, 5.74) is 3.94. The second kappa shape index (κ2) is 7.78. The van der Waals surface area contributed by atoms with E-state index in [1.807, 2.05) is 45.0 Å². The summed E-state index contributed by atoms with van der Waals surface area (Å²) in [4.78, 5) is 23.6. The number of likely N-dealkylation sites (tertiary alicyclic amines) is 1. The number of urea groups is 1. The van der Waals surface area contributed by atoms with Crippen molar-refractivity contribution in [3.05, 3.63) is 35.7 Å². The highest BCUT2D eigenvalue weighted by Crippen LogP contribution is 2.20. The molecule has 1 aliphatic heterocycles. The molecule has 0 radical (unpaired) electrons. The Bertz CT molecular complexity index is 746. The van der Waals surface area contributed by atoms with Crippen molar-refractivity contribution in [3.63, 3.8) is 0 Å². The molecule has 134 valence electrons. The molecule has 1 aliphatic rings. The van der Waals surface area contributed by atoms with E-state index < -0.39 is 0 Å². The SMILES string of the molecule is Cc1nc2ccccc2nc1CN1CC[C@H](CNC(=O)NC(C)C)C1. The molecule has 0 saturated carbocycles. The fourth-order valence-corrected chi connectivity index (χ4v) is 3.26. The largest absolute Gasteiger partial charge is 0.338 e. The Balaban J connectivity index is 1.55. The van der Waals surface area contributed by atoms with Crippen LogP contribution in [0.1, 0.15) is 31.7 Å². The molecule has 3 rings (SSSR count). The Morgan fingerprint density at radius 2 is 2.00 bits per heavy atom. The van der Waals surface area contributed by atoms with Gasteiger partial charge in [-0.05, 0) is 51.8 Å². The first-order chi connectivity index (χ1) is 12.0. The van der Waals surface area contributed by atoms with E-state index in [-0.39, 0.29) is 12.1 Å². The number of nitrogens with one attached hydrogen (secondary N) is 2. The summed E-state index contributed by atoms with van der Waals surface area (Å²) in [6.07, 6.45) is 1.10. The van der Waals surface area contributed by atoms with Gasteiger partial charge in [-0.3, -0.25) is 4.90 Å². The summed E-state index contributed by atoms with van der Waals surface area (Å²) in [6.45, 7) is 9.51. The van der Waals surface area contributed by atoms with E-state index in [1.54, 1.807) is 0 Å². The highest BCUT2D eigenvalue weighted by atomic mass is 16.2. The molecule has 1 aromatic heterocycles. The van der Waals surface area contributed by atoms with Crippen molar-refractivity contribution in [2.24, 2.45) is 5.92 Å². The van der Waals surface area contributed by atoms with Crippen molar-refractivity contribution in [2.45, 2.75) is 39.8 Å². The molecule has 0 bridgehead atoms. The van der Waals surface area contributed by atoms with Crippen LogP contribution in [0.15, 0.2) is 24.3 Å². The predicted octanol–water partition coefficient (Wildman–Crippen LogP) is 2.47. The van der Waals surface area contributed by atoms with Crippen LogP contribution in [0.3, 0.4) is 0 Å². The molecule has 0 unspecified atom stereocenters. The van der Waals surface area contributed by atoms with Crippen molar-refractivity contribution >= 4 is 17.1 Å². The van der Waals surface area contributed by atoms with E-state index in [9.17, 15) is 4.79 Å². The van der Waals surface area contributed by atoms with Crippen LogP contribution in [0.25, 0.3) is 11.0 Å². The van der Waals surface area contributed by atoms with Crippen LogP contribution in [-0.2, 0) is 6.54 Å². The number of rotatable bonds is 5. The van der Waals surface area contributed by atoms with Gasteiger partial charge in [-0.25, -0.2) is 14.8 Å². The Hall–Kier alpha value is -2.21. The number of benzene rings is 1. The molecule has 25 heavy (non-hydrogen) atoms. The number of hydrogen-bond donors (Lipinski definition) is 2. The first-order valence-corrected chi connectivity index (χ1v) is 9.00. The number of aromatic nitrogens is 2. The van der Waals surface area contributed by atoms with Crippen molar-refractivity contribution in [1.82, 2.24) is 25.5 Å². The van der Waals surface area contributed by atoms with Gasteiger partial charge < -0.3 is 10.6 Å². The zero-order valence-electron chi connectivity index (χ0n) is 15.2. The highest BCUT2D eigenvalue weighted by molar-refractivity contribution is 5.74. The van der Waals surface area contributed by atoms with Gasteiger partial charge in [0.05, 0.1) is 22.4 Å². The first-order valence-electron chi connectivity index (χ1n) is 9.00. The quantitative estimate of drug-likeness (QED) is 0.876. The molecule has 1 aromatic carbocycles. The van der Waals surface area contributed by atoms with Gasteiger partial charge >= 0.3 is 6.03 Å². The fourth-order valence-electron chi connectivity index (χ4n) is 3.26. The fraction of sp³-hybridized carbons (Fsp3) is 0.526. The molecule has 0 aliphatic carbocycles. The minimum Gasteiger partial charge on any atom is -0.338 e. The van der Waals surface area contributed by atoms with Crippen LogP contribution < -0.4 is 10.6 Å². The third-order valence-corrected chi connectivity index (χ3v) is 4.56. The standard InChI is InChI=1S/C19H27N5O/c1-13(2)21-19(25)20-10-15-8-9-24(11-15)12-18-14(3)22-16-6-4-5-7-17(16)23-18/h4-7,13,15H,8-12H2,1-3H3,(H2,20,21,25)/t15-/m1/s1. The number of carbonyl (C=O) groups excluding carboxylic acids is 1. The molecule has 1 saturated heterocycles. The minimum absolute atomic E-state index is 0.0790. The van der Waals surface area contributed by atoms with Gasteiger partial charge in [-0.2, -0.15) is 0 Å².